The molecule has 2 rings (SSSR count). The van der Waals surface area contributed by atoms with Gasteiger partial charge in [0, 0.05) is 5.69 Å². The molecule has 2 aromatic carbocycles. The van der Waals surface area contributed by atoms with Crippen molar-refractivity contribution in [2.45, 2.75) is 24.8 Å². The number of methoxy groups -OCH3 is 1. The summed E-state index contributed by atoms with van der Waals surface area (Å²) in [7, 11) is -2.44. The van der Waals surface area contributed by atoms with Gasteiger partial charge in [0.05, 0.1) is 17.6 Å². The van der Waals surface area contributed by atoms with Crippen LogP contribution >= 0.6 is 0 Å². The number of hydrogen-bond acceptors (Lipinski definition) is 6. The van der Waals surface area contributed by atoms with Crippen LogP contribution < -0.4 is 15.2 Å². The molecule has 2 aromatic rings. The Balaban J connectivity index is 2.29. The molecule has 0 saturated carbocycles. The maximum Gasteiger partial charge on any atom is 0.339 e. The van der Waals surface area contributed by atoms with E-state index in [9.17, 15) is 18.0 Å². The minimum atomic E-state index is -3.94. The van der Waals surface area contributed by atoms with E-state index in [1.165, 1.54) is 32.2 Å². The molecular formula is C18H20N2O6S. The molecule has 0 aromatic heterocycles. The second-order valence-corrected chi connectivity index (χ2v) is 7.44. The van der Waals surface area contributed by atoms with Gasteiger partial charge in [-0.3, -0.25) is 9.52 Å². The van der Waals surface area contributed by atoms with Crippen molar-refractivity contribution in [1.29, 1.82) is 0 Å². The van der Waals surface area contributed by atoms with Gasteiger partial charge in [0.2, 0.25) is 0 Å². The minimum Gasteiger partial charge on any atom is -0.497 e. The number of primary amides is 1. The molecule has 0 aliphatic carbocycles. The van der Waals surface area contributed by atoms with Crippen LogP contribution in [-0.4, -0.2) is 33.5 Å². The minimum absolute atomic E-state index is 0.0284. The molecule has 0 bridgehead atoms. The molecule has 0 aliphatic heterocycles. The van der Waals surface area contributed by atoms with Crippen molar-refractivity contribution in [3.63, 3.8) is 0 Å². The summed E-state index contributed by atoms with van der Waals surface area (Å²) in [6, 6.07) is 10.4. The zero-order valence-electron chi connectivity index (χ0n) is 15.1. The van der Waals surface area contributed by atoms with Crippen LogP contribution in [0.5, 0.6) is 5.75 Å². The summed E-state index contributed by atoms with van der Waals surface area (Å²) in [5, 5.41) is 0. The molecule has 27 heavy (non-hydrogen) atoms. The number of aryl methyl sites for hydroxylation is 1. The number of hydrogen-bond donors (Lipinski definition) is 2. The number of anilines is 1. The van der Waals surface area contributed by atoms with Gasteiger partial charge < -0.3 is 15.2 Å². The van der Waals surface area contributed by atoms with E-state index in [0.29, 0.717) is 17.0 Å². The standard InChI is InChI=1S/C18H20N2O6S/c1-11-4-9-15(10-16(11)18(22)26-12(2)17(19)21)27(23,24)20-13-5-7-14(25-3)8-6-13/h4-10,12,20H,1-3H3,(H2,19,21)/t12-/m0/s1. The summed E-state index contributed by atoms with van der Waals surface area (Å²) in [6.07, 6.45) is -1.13. The second-order valence-electron chi connectivity index (χ2n) is 5.76. The third kappa shape index (κ3) is 4.98. The number of ether oxygens (including phenoxy) is 2. The third-order valence-electron chi connectivity index (χ3n) is 3.77. The van der Waals surface area contributed by atoms with Gasteiger partial charge >= 0.3 is 5.97 Å². The van der Waals surface area contributed by atoms with Crippen molar-refractivity contribution < 1.29 is 27.5 Å². The normalized spacial score (nSPS) is 12.1. The Labute approximate surface area is 157 Å². The van der Waals surface area contributed by atoms with Crippen LogP contribution in [0.1, 0.15) is 22.8 Å². The highest BCUT2D eigenvalue weighted by atomic mass is 32.2. The van der Waals surface area contributed by atoms with Gasteiger partial charge in [0.15, 0.2) is 6.10 Å². The monoisotopic (exact) mass is 392 g/mol. The molecule has 3 N–H and O–H groups in total. The largest absolute Gasteiger partial charge is 0.497 e. The van der Waals surface area contributed by atoms with Gasteiger partial charge in [0.25, 0.3) is 15.9 Å². The van der Waals surface area contributed by atoms with Gasteiger partial charge in [-0.25, -0.2) is 13.2 Å². The third-order valence-corrected chi connectivity index (χ3v) is 5.14. The molecule has 0 unspecified atom stereocenters. The van der Waals surface area contributed by atoms with E-state index in [1.807, 2.05) is 0 Å². The van der Waals surface area contributed by atoms with Gasteiger partial charge in [0.1, 0.15) is 5.75 Å². The van der Waals surface area contributed by atoms with E-state index >= 15 is 0 Å². The lowest BCUT2D eigenvalue weighted by molar-refractivity contribution is -0.125. The average molecular weight is 392 g/mol. The molecule has 9 heteroatoms. The predicted molar refractivity (Wildman–Crippen MR) is 99.1 cm³/mol. The van der Waals surface area contributed by atoms with Crippen LogP contribution in [0.3, 0.4) is 0 Å². The summed E-state index contributed by atoms with van der Waals surface area (Å²) < 4.78 is 37.6. The van der Waals surface area contributed by atoms with Crippen molar-refractivity contribution in [3.8, 4) is 5.75 Å². The predicted octanol–water partition coefficient (Wildman–Crippen LogP) is 1.84. The summed E-state index contributed by atoms with van der Waals surface area (Å²) >= 11 is 0. The number of carbonyl (C=O) groups excluding carboxylic acids is 2. The lowest BCUT2D eigenvalue weighted by Gasteiger charge is -2.13. The molecule has 0 aliphatic rings. The van der Waals surface area contributed by atoms with Gasteiger partial charge in [-0.2, -0.15) is 0 Å². The summed E-state index contributed by atoms with van der Waals surface area (Å²) in [5.41, 5.74) is 5.94. The fraction of sp³-hybridized carbons (Fsp3) is 0.222. The molecule has 1 amide bonds. The molecule has 0 spiro atoms. The zero-order valence-corrected chi connectivity index (χ0v) is 15.9. The fourth-order valence-electron chi connectivity index (χ4n) is 2.14. The van der Waals surface area contributed by atoms with E-state index in [0.717, 1.165) is 0 Å². The highest BCUT2D eigenvalue weighted by molar-refractivity contribution is 7.92. The van der Waals surface area contributed by atoms with Crippen LogP contribution in [0.4, 0.5) is 5.69 Å². The maximum absolute atomic E-state index is 12.6. The Morgan fingerprint density at radius 2 is 1.74 bits per heavy atom. The first-order valence-electron chi connectivity index (χ1n) is 7.92. The van der Waals surface area contributed by atoms with Gasteiger partial charge in [-0.05, 0) is 55.8 Å². The van der Waals surface area contributed by atoms with Crippen molar-refractivity contribution >= 4 is 27.6 Å². The average Bonchev–Trinajstić information content (AvgIpc) is 2.62. The van der Waals surface area contributed by atoms with Crippen LogP contribution in [-0.2, 0) is 19.6 Å². The summed E-state index contributed by atoms with van der Waals surface area (Å²) in [5.74, 6) is -1.05. The quantitative estimate of drug-likeness (QED) is 0.693. The van der Waals surface area contributed by atoms with E-state index in [2.05, 4.69) is 4.72 Å². The number of nitrogens with one attached hydrogen (secondary N) is 1. The van der Waals surface area contributed by atoms with Crippen molar-refractivity contribution in [1.82, 2.24) is 0 Å². The van der Waals surface area contributed by atoms with Crippen LogP contribution in [0.25, 0.3) is 0 Å². The smallest absolute Gasteiger partial charge is 0.339 e. The maximum atomic E-state index is 12.6. The number of esters is 1. The second kappa shape index (κ2) is 8.09. The van der Waals surface area contributed by atoms with Gasteiger partial charge in [-0.15, -0.1) is 0 Å². The number of amides is 1. The highest BCUT2D eigenvalue weighted by Crippen LogP contribution is 2.22. The number of sulfonamides is 1. The molecule has 1 atom stereocenters. The van der Waals surface area contributed by atoms with E-state index in [4.69, 9.17) is 15.2 Å². The lowest BCUT2D eigenvalue weighted by atomic mass is 10.1. The number of nitrogens with two attached hydrogens (primary N) is 1. The molecule has 0 fully saturated rings. The van der Waals surface area contributed by atoms with Crippen molar-refractivity contribution in [2.24, 2.45) is 5.73 Å². The Morgan fingerprint density at radius 3 is 2.30 bits per heavy atom. The molecular weight excluding hydrogens is 372 g/mol. The molecule has 0 heterocycles. The number of carbonyl (C=O) groups is 2. The Hall–Kier alpha value is -3.07. The van der Waals surface area contributed by atoms with Gasteiger partial charge in [-0.1, -0.05) is 6.07 Å². The van der Waals surface area contributed by atoms with E-state index < -0.39 is 28.0 Å². The number of rotatable bonds is 7. The summed E-state index contributed by atoms with van der Waals surface area (Å²) in [4.78, 5) is 23.2. The first-order valence-corrected chi connectivity index (χ1v) is 9.40. The van der Waals surface area contributed by atoms with Crippen LogP contribution in [0.2, 0.25) is 0 Å². The van der Waals surface area contributed by atoms with Crippen molar-refractivity contribution in [2.75, 3.05) is 11.8 Å². The Kier molecular flexibility index (Phi) is 6.06. The Morgan fingerprint density at radius 1 is 1.11 bits per heavy atom. The number of benzene rings is 2. The topological polar surface area (TPSA) is 125 Å². The first kappa shape index (κ1) is 20.2. The van der Waals surface area contributed by atoms with Crippen molar-refractivity contribution in [3.05, 3.63) is 53.6 Å². The van der Waals surface area contributed by atoms with E-state index in [1.54, 1.807) is 31.2 Å². The molecule has 8 nitrogen and oxygen atoms in total. The summed E-state index contributed by atoms with van der Waals surface area (Å²) in [6.45, 7) is 2.96. The zero-order chi connectivity index (χ0) is 20.2. The first-order chi connectivity index (χ1) is 12.6. The highest BCUT2D eigenvalue weighted by Gasteiger charge is 2.21. The molecule has 144 valence electrons. The van der Waals surface area contributed by atoms with Crippen LogP contribution in [0.15, 0.2) is 47.4 Å². The molecule has 0 saturated heterocycles. The Bertz CT molecular complexity index is 954. The lowest BCUT2D eigenvalue weighted by Crippen LogP contribution is -2.30. The SMILES string of the molecule is COc1ccc(NS(=O)(=O)c2ccc(C)c(C(=O)O[C@@H](C)C(N)=O)c2)cc1. The van der Waals surface area contributed by atoms with Crippen LogP contribution in [0, 0.1) is 6.92 Å². The fourth-order valence-corrected chi connectivity index (χ4v) is 3.23. The molecule has 0 radical (unpaired) electrons. The van der Waals surface area contributed by atoms with E-state index in [-0.39, 0.29) is 10.5 Å².